The van der Waals surface area contributed by atoms with Crippen molar-refractivity contribution in [1.82, 2.24) is 15.1 Å². The molecule has 3 unspecified atom stereocenters. The van der Waals surface area contributed by atoms with Crippen molar-refractivity contribution in [1.29, 1.82) is 0 Å². The Morgan fingerprint density at radius 3 is 2.58 bits per heavy atom. The quantitative estimate of drug-likeness (QED) is 0.846. The van der Waals surface area contributed by atoms with Gasteiger partial charge in [0.15, 0.2) is 0 Å². The number of carbonyl (C=O) groups excluding carboxylic acids is 1. The molecule has 2 bridgehead atoms. The Kier molecular flexibility index (Phi) is 8.21. The van der Waals surface area contributed by atoms with Gasteiger partial charge in [0.25, 0.3) is 0 Å². The van der Waals surface area contributed by atoms with Gasteiger partial charge in [-0.05, 0) is 50.8 Å². The summed E-state index contributed by atoms with van der Waals surface area (Å²) in [5.41, 5.74) is 1.32. The molecule has 6 heteroatoms. The molecule has 0 radical (unpaired) electrons. The maximum absolute atomic E-state index is 13.4. The molecule has 0 aliphatic carbocycles. The average molecular weight is 400 g/mol. The number of nitrogens with one attached hydrogen (secondary N) is 1. The topological polar surface area (TPSA) is 35.6 Å². The molecule has 0 saturated carbocycles. The van der Waals surface area contributed by atoms with Crippen LogP contribution in [0.5, 0.6) is 0 Å². The van der Waals surface area contributed by atoms with Gasteiger partial charge in [-0.1, -0.05) is 36.8 Å². The van der Waals surface area contributed by atoms with Crippen molar-refractivity contribution in [3.8, 4) is 0 Å². The highest BCUT2D eigenvalue weighted by molar-refractivity contribution is 5.85. The lowest BCUT2D eigenvalue weighted by atomic mass is 9.99. The van der Waals surface area contributed by atoms with E-state index >= 15 is 0 Å². The van der Waals surface area contributed by atoms with E-state index in [1.54, 1.807) is 0 Å². The van der Waals surface area contributed by atoms with Gasteiger partial charge in [0.2, 0.25) is 5.91 Å². The number of piperidine rings is 1. The summed E-state index contributed by atoms with van der Waals surface area (Å²) in [7, 11) is 0. The summed E-state index contributed by atoms with van der Waals surface area (Å²) in [6, 6.07) is 11.6. The van der Waals surface area contributed by atoms with Crippen molar-refractivity contribution in [2.75, 3.05) is 19.6 Å². The zero-order valence-corrected chi connectivity index (χ0v) is 16.9. The molecule has 3 atom stereocenters. The van der Waals surface area contributed by atoms with Crippen LogP contribution in [-0.2, 0) is 11.3 Å². The molecule has 3 aliphatic heterocycles. The molecular formula is C20H31Cl2N3O. The number of halogens is 2. The molecule has 1 aromatic rings. The van der Waals surface area contributed by atoms with E-state index < -0.39 is 0 Å². The summed E-state index contributed by atoms with van der Waals surface area (Å²) >= 11 is 0. The third-order valence-electron chi connectivity index (χ3n) is 6.04. The van der Waals surface area contributed by atoms with Gasteiger partial charge < -0.3 is 10.2 Å². The van der Waals surface area contributed by atoms with Crippen molar-refractivity contribution in [2.24, 2.45) is 0 Å². The monoisotopic (exact) mass is 399 g/mol. The van der Waals surface area contributed by atoms with Gasteiger partial charge in [-0.3, -0.25) is 9.69 Å². The minimum atomic E-state index is 0. The summed E-state index contributed by atoms with van der Waals surface area (Å²) < 4.78 is 0. The van der Waals surface area contributed by atoms with Crippen LogP contribution in [0.4, 0.5) is 0 Å². The van der Waals surface area contributed by atoms with Gasteiger partial charge in [-0.2, -0.15) is 0 Å². The minimum absolute atomic E-state index is 0. The highest BCUT2D eigenvalue weighted by Crippen LogP contribution is 2.31. The third-order valence-corrected chi connectivity index (χ3v) is 6.04. The van der Waals surface area contributed by atoms with Crippen LogP contribution >= 0.6 is 24.8 Å². The second-order valence-electron chi connectivity index (χ2n) is 7.59. The number of likely N-dealkylation sites (tertiary alicyclic amines) is 1. The van der Waals surface area contributed by atoms with Crippen molar-refractivity contribution < 1.29 is 4.79 Å². The molecule has 3 aliphatic rings. The highest BCUT2D eigenvalue weighted by Gasteiger charge is 2.42. The zero-order valence-electron chi connectivity index (χ0n) is 15.3. The fourth-order valence-corrected chi connectivity index (χ4v) is 4.79. The third kappa shape index (κ3) is 4.53. The summed E-state index contributed by atoms with van der Waals surface area (Å²) in [5.74, 6) is 0.404. The Hall–Kier alpha value is -0.810. The van der Waals surface area contributed by atoms with E-state index in [9.17, 15) is 4.79 Å². The molecule has 1 amide bonds. The van der Waals surface area contributed by atoms with Gasteiger partial charge in [-0.25, -0.2) is 0 Å². The van der Waals surface area contributed by atoms with E-state index in [0.29, 0.717) is 18.0 Å². The number of hydrogen-bond acceptors (Lipinski definition) is 3. The van der Waals surface area contributed by atoms with Crippen molar-refractivity contribution >= 4 is 30.7 Å². The first-order valence-corrected chi connectivity index (χ1v) is 9.64. The van der Waals surface area contributed by atoms with E-state index in [4.69, 9.17) is 0 Å². The molecule has 3 heterocycles. The lowest BCUT2D eigenvalue weighted by Gasteiger charge is -2.39. The number of nitrogens with zero attached hydrogens (tertiary/aromatic N) is 2. The summed E-state index contributed by atoms with van der Waals surface area (Å²) in [4.78, 5) is 18.1. The first kappa shape index (κ1) is 21.5. The number of benzene rings is 1. The van der Waals surface area contributed by atoms with Crippen LogP contribution in [0.25, 0.3) is 0 Å². The number of hydrogen-bond donors (Lipinski definition) is 1. The average Bonchev–Trinajstić information content (AvgIpc) is 2.88. The second kappa shape index (κ2) is 9.93. The molecule has 3 saturated heterocycles. The van der Waals surface area contributed by atoms with Gasteiger partial charge in [0, 0.05) is 25.2 Å². The van der Waals surface area contributed by atoms with Gasteiger partial charge in [0.1, 0.15) is 0 Å². The Balaban J connectivity index is 0.00000121. The molecular weight excluding hydrogens is 369 g/mol. The van der Waals surface area contributed by atoms with Gasteiger partial charge in [-0.15, -0.1) is 24.8 Å². The van der Waals surface area contributed by atoms with E-state index in [0.717, 1.165) is 39.0 Å². The molecule has 0 aromatic heterocycles. The molecule has 1 aromatic carbocycles. The van der Waals surface area contributed by atoms with Crippen LogP contribution in [0, 0.1) is 0 Å². The normalized spacial score (nSPS) is 28.6. The highest BCUT2D eigenvalue weighted by atomic mass is 35.5. The Bertz CT molecular complexity index is 557. The lowest BCUT2D eigenvalue weighted by molar-refractivity contribution is -0.141. The predicted octanol–water partition coefficient (Wildman–Crippen LogP) is 3.24. The number of rotatable bonds is 3. The first-order chi connectivity index (χ1) is 11.8. The van der Waals surface area contributed by atoms with E-state index in [2.05, 4.69) is 45.4 Å². The fourth-order valence-electron chi connectivity index (χ4n) is 4.79. The molecule has 4 nitrogen and oxygen atoms in total. The van der Waals surface area contributed by atoms with Crippen LogP contribution in [0.2, 0.25) is 0 Å². The van der Waals surface area contributed by atoms with Crippen LogP contribution < -0.4 is 5.32 Å². The second-order valence-corrected chi connectivity index (χ2v) is 7.59. The number of fused-ring (bicyclic) bond motifs is 2. The molecule has 146 valence electrons. The number of carbonyl (C=O) groups is 1. The SMILES string of the molecule is Cl.Cl.O=C(C1CCCCN1Cc1ccccc1)N1C2CCNCC1CC2. The van der Waals surface area contributed by atoms with Crippen molar-refractivity contribution in [3.63, 3.8) is 0 Å². The summed E-state index contributed by atoms with van der Waals surface area (Å²) in [6.07, 6.45) is 6.91. The van der Waals surface area contributed by atoms with Gasteiger partial charge in [0.05, 0.1) is 6.04 Å². The van der Waals surface area contributed by atoms with E-state index in [1.807, 2.05) is 0 Å². The molecule has 4 rings (SSSR count). The molecule has 3 fully saturated rings. The maximum Gasteiger partial charge on any atom is 0.240 e. The van der Waals surface area contributed by atoms with Crippen LogP contribution in [0.3, 0.4) is 0 Å². The summed E-state index contributed by atoms with van der Waals surface area (Å²) in [6.45, 7) is 3.99. The van der Waals surface area contributed by atoms with Crippen LogP contribution in [-0.4, -0.2) is 53.5 Å². The van der Waals surface area contributed by atoms with Crippen molar-refractivity contribution in [2.45, 2.75) is 63.2 Å². The lowest BCUT2D eigenvalue weighted by Crippen LogP contribution is -2.54. The fraction of sp³-hybridized carbons (Fsp3) is 0.650. The zero-order chi connectivity index (χ0) is 16.4. The number of amides is 1. The predicted molar refractivity (Wildman–Crippen MR) is 110 cm³/mol. The molecule has 26 heavy (non-hydrogen) atoms. The maximum atomic E-state index is 13.4. The standard InChI is InChI=1S/C20H29N3O.2ClH/c24-20(23-17-9-10-18(23)14-21-12-11-17)19-8-4-5-13-22(19)15-16-6-2-1-3-7-16;;/h1-3,6-7,17-19,21H,4-5,8-15H2;2*1H. The largest absolute Gasteiger partial charge is 0.334 e. The Morgan fingerprint density at radius 2 is 1.77 bits per heavy atom. The van der Waals surface area contributed by atoms with E-state index in [-0.39, 0.29) is 30.9 Å². The van der Waals surface area contributed by atoms with Crippen LogP contribution in [0.1, 0.15) is 44.1 Å². The van der Waals surface area contributed by atoms with Crippen LogP contribution in [0.15, 0.2) is 30.3 Å². The first-order valence-electron chi connectivity index (χ1n) is 9.64. The summed E-state index contributed by atoms with van der Waals surface area (Å²) in [5, 5.41) is 3.51. The Labute approximate surface area is 169 Å². The van der Waals surface area contributed by atoms with E-state index in [1.165, 1.54) is 31.2 Å². The van der Waals surface area contributed by atoms with Gasteiger partial charge >= 0.3 is 0 Å². The van der Waals surface area contributed by atoms with Crippen molar-refractivity contribution in [3.05, 3.63) is 35.9 Å². The molecule has 1 N–H and O–H groups in total. The minimum Gasteiger partial charge on any atom is -0.334 e. The molecule has 0 spiro atoms. The smallest absolute Gasteiger partial charge is 0.240 e. The Morgan fingerprint density at radius 1 is 1.00 bits per heavy atom.